The lowest BCUT2D eigenvalue weighted by Crippen LogP contribution is -2.00. The zero-order chi connectivity index (χ0) is 42.7. The maximum absolute atomic E-state index is 5.25. The van der Waals surface area contributed by atoms with Crippen molar-refractivity contribution in [1.29, 1.82) is 0 Å². The lowest BCUT2D eigenvalue weighted by Gasteiger charge is -2.20. The van der Waals surface area contributed by atoms with Gasteiger partial charge >= 0.3 is 0 Å². The zero-order valence-corrected chi connectivity index (χ0v) is 35.6. The smallest absolute Gasteiger partial charge is 0.145 e. The molecule has 4 nitrogen and oxygen atoms in total. The number of hydrogen-bond acceptors (Lipinski definition) is 2. The molecule has 0 aliphatic rings. The molecular formula is C60H42N4. The summed E-state index contributed by atoms with van der Waals surface area (Å²) in [5, 5.41) is 4.81. The van der Waals surface area contributed by atoms with Gasteiger partial charge in [-0.25, -0.2) is 9.97 Å². The highest BCUT2D eigenvalue weighted by atomic mass is 15.1. The number of hydrogen-bond donors (Lipinski definition) is 0. The summed E-state index contributed by atoms with van der Waals surface area (Å²) >= 11 is 0. The van der Waals surface area contributed by atoms with Crippen molar-refractivity contribution in [2.75, 3.05) is 0 Å². The molecule has 0 N–H and O–H groups in total. The molecule has 0 saturated heterocycles. The molecule has 12 rings (SSSR count). The molecule has 0 atom stereocenters. The predicted molar refractivity (Wildman–Crippen MR) is 267 cm³/mol. The molecule has 2 aromatic heterocycles. The molecule has 0 radical (unpaired) electrons. The fraction of sp³-hybridized carbons (Fsp3) is 0.0333. The van der Waals surface area contributed by atoms with Gasteiger partial charge in [0.2, 0.25) is 0 Å². The molecule has 0 fully saturated rings. The predicted octanol–water partition coefficient (Wildman–Crippen LogP) is 15.6. The molecule has 0 unspecified atom stereocenters. The van der Waals surface area contributed by atoms with Crippen molar-refractivity contribution in [2.45, 2.75) is 13.8 Å². The Balaban J connectivity index is 1.08. The normalized spacial score (nSPS) is 11.6. The number of fused-ring (bicyclic) bond motifs is 4. The summed E-state index contributed by atoms with van der Waals surface area (Å²) in [5.74, 6) is 1.87. The lowest BCUT2D eigenvalue weighted by molar-refractivity contribution is 1.10. The molecule has 64 heavy (non-hydrogen) atoms. The highest BCUT2D eigenvalue weighted by Gasteiger charge is 2.22. The van der Waals surface area contributed by atoms with Gasteiger partial charge < -0.3 is 0 Å². The average Bonchev–Trinajstić information content (AvgIpc) is 3.95. The van der Waals surface area contributed by atoms with Crippen LogP contribution in [0.15, 0.2) is 218 Å². The van der Waals surface area contributed by atoms with E-state index >= 15 is 0 Å². The number of aromatic nitrogens is 4. The molecule has 0 saturated carbocycles. The Morgan fingerprint density at radius 2 is 0.703 bits per heavy atom. The first-order chi connectivity index (χ1) is 31.6. The van der Waals surface area contributed by atoms with Crippen LogP contribution in [0.2, 0.25) is 0 Å². The third-order valence-corrected chi connectivity index (χ3v) is 12.8. The third-order valence-electron chi connectivity index (χ3n) is 12.8. The molecule has 12 aromatic rings. The van der Waals surface area contributed by atoms with Crippen LogP contribution in [0.5, 0.6) is 0 Å². The van der Waals surface area contributed by atoms with Gasteiger partial charge in [0.15, 0.2) is 0 Å². The Hall–Kier alpha value is -8.34. The van der Waals surface area contributed by atoms with E-state index in [9.17, 15) is 0 Å². The molecule has 0 amide bonds. The van der Waals surface area contributed by atoms with Gasteiger partial charge in [0.1, 0.15) is 11.6 Å². The molecule has 4 heteroatoms. The Morgan fingerprint density at radius 1 is 0.297 bits per heavy atom. The lowest BCUT2D eigenvalue weighted by atomic mass is 9.84. The first-order valence-corrected chi connectivity index (χ1v) is 21.9. The Morgan fingerprint density at radius 3 is 1.20 bits per heavy atom. The van der Waals surface area contributed by atoms with Crippen LogP contribution < -0.4 is 0 Å². The Labute approximate surface area is 372 Å². The van der Waals surface area contributed by atoms with Crippen LogP contribution >= 0.6 is 0 Å². The van der Waals surface area contributed by atoms with E-state index < -0.39 is 0 Å². The minimum absolute atomic E-state index is 0.929. The summed E-state index contributed by atoms with van der Waals surface area (Å²) < 4.78 is 4.66. The van der Waals surface area contributed by atoms with E-state index in [1.165, 1.54) is 54.9 Å². The minimum atomic E-state index is 0.929. The summed E-state index contributed by atoms with van der Waals surface area (Å²) in [4.78, 5) is 10.4. The van der Waals surface area contributed by atoms with Crippen molar-refractivity contribution >= 4 is 43.6 Å². The molecule has 0 aliphatic heterocycles. The Kier molecular flexibility index (Phi) is 8.91. The number of aryl methyl sites for hydroxylation is 2. The van der Waals surface area contributed by atoms with Crippen molar-refractivity contribution in [3.8, 4) is 67.5 Å². The number of benzene rings is 10. The molecule has 0 bridgehead atoms. The maximum atomic E-state index is 5.25. The second-order valence-corrected chi connectivity index (χ2v) is 16.7. The van der Waals surface area contributed by atoms with Crippen molar-refractivity contribution in [3.63, 3.8) is 0 Å². The molecule has 0 aliphatic carbocycles. The molecular weight excluding hydrogens is 777 g/mol. The van der Waals surface area contributed by atoms with Gasteiger partial charge in [-0.2, -0.15) is 0 Å². The fourth-order valence-electron chi connectivity index (χ4n) is 9.82. The molecule has 302 valence electrons. The number of rotatable bonds is 7. The van der Waals surface area contributed by atoms with E-state index in [-0.39, 0.29) is 0 Å². The fourth-order valence-corrected chi connectivity index (χ4v) is 9.82. The van der Waals surface area contributed by atoms with E-state index in [1.54, 1.807) is 0 Å². The minimum Gasteiger partial charge on any atom is -0.292 e. The zero-order valence-electron chi connectivity index (χ0n) is 35.6. The van der Waals surface area contributed by atoms with Crippen LogP contribution in [-0.2, 0) is 0 Å². The van der Waals surface area contributed by atoms with Gasteiger partial charge in [-0.3, -0.25) is 9.13 Å². The first-order valence-electron chi connectivity index (χ1n) is 21.9. The Bertz CT molecular complexity index is 3700. The standard InChI is InChI=1S/C60H42N4/c1-39-17-15-27-53-57(39)63(59(61-53)44-23-11-5-12-24-44)47-32-29-41(30-33-47)46-31-35-49-51(37-46)55(42-19-7-3-8-20-42)50-36-34-48(38-52(50)56(49)43-21-9-4-10-22-43)64-58-40(2)18-16-28-54(58)62-60(64)45-25-13-6-14-26-45/h3-38H,1-2H3. The molecule has 0 spiro atoms. The quantitative estimate of drug-likeness (QED) is 0.150. The first kappa shape index (κ1) is 37.4. The SMILES string of the molecule is Cc1cccc2nc(-c3ccccc3)n(-c3ccc(-c4ccc5c(-c6ccccc6)c6cc(-n7c(-c8ccccc8)nc8cccc(C)c87)ccc6c(-c6ccccc6)c5c4)cc3)c12. The van der Waals surface area contributed by atoms with Crippen LogP contribution in [-0.4, -0.2) is 19.1 Å². The van der Waals surface area contributed by atoms with Gasteiger partial charge in [-0.05, 0) is 122 Å². The average molecular weight is 819 g/mol. The van der Waals surface area contributed by atoms with Crippen LogP contribution in [0.25, 0.3) is 111 Å². The van der Waals surface area contributed by atoms with Gasteiger partial charge in [0.25, 0.3) is 0 Å². The van der Waals surface area contributed by atoms with Crippen LogP contribution in [0.4, 0.5) is 0 Å². The summed E-state index contributed by atoms with van der Waals surface area (Å²) in [5.41, 5.74) is 18.0. The van der Waals surface area contributed by atoms with Gasteiger partial charge in [-0.15, -0.1) is 0 Å². The number of para-hydroxylation sites is 2. The second kappa shape index (κ2) is 15.2. The van der Waals surface area contributed by atoms with Crippen molar-refractivity contribution in [3.05, 3.63) is 230 Å². The van der Waals surface area contributed by atoms with E-state index in [2.05, 4.69) is 241 Å². The van der Waals surface area contributed by atoms with E-state index in [4.69, 9.17) is 9.97 Å². The summed E-state index contributed by atoms with van der Waals surface area (Å²) in [6.07, 6.45) is 0. The number of imidazole rings is 2. The molecule has 2 heterocycles. The topological polar surface area (TPSA) is 35.6 Å². The summed E-state index contributed by atoms with van der Waals surface area (Å²) in [6, 6.07) is 78.6. The number of nitrogens with zero attached hydrogens (tertiary/aromatic N) is 4. The van der Waals surface area contributed by atoms with Crippen molar-refractivity contribution in [2.24, 2.45) is 0 Å². The van der Waals surface area contributed by atoms with Crippen LogP contribution in [0.1, 0.15) is 11.1 Å². The van der Waals surface area contributed by atoms with E-state index in [0.717, 1.165) is 67.3 Å². The van der Waals surface area contributed by atoms with E-state index in [0.29, 0.717) is 0 Å². The summed E-state index contributed by atoms with van der Waals surface area (Å²) in [7, 11) is 0. The molecule has 10 aromatic carbocycles. The van der Waals surface area contributed by atoms with Crippen LogP contribution in [0, 0.1) is 13.8 Å². The van der Waals surface area contributed by atoms with Gasteiger partial charge in [0, 0.05) is 22.5 Å². The monoisotopic (exact) mass is 818 g/mol. The van der Waals surface area contributed by atoms with Gasteiger partial charge in [-0.1, -0.05) is 176 Å². The highest BCUT2D eigenvalue weighted by Crippen LogP contribution is 2.46. The highest BCUT2D eigenvalue weighted by molar-refractivity contribution is 6.22. The largest absolute Gasteiger partial charge is 0.292 e. The van der Waals surface area contributed by atoms with Gasteiger partial charge in [0.05, 0.1) is 22.1 Å². The van der Waals surface area contributed by atoms with E-state index in [1.807, 2.05) is 0 Å². The maximum Gasteiger partial charge on any atom is 0.145 e. The second-order valence-electron chi connectivity index (χ2n) is 16.7. The van der Waals surface area contributed by atoms with Crippen molar-refractivity contribution < 1.29 is 0 Å². The van der Waals surface area contributed by atoms with Crippen LogP contribution in [0.3, 0.4) is 0 Å². The summed E-state index contributed by atoms with van der Waals surface area (Å²) in [6.45, 7) is 4.35. The van der Waals surface area contributed by atoms with Crippen molar-refractivity contribution in [1.82, 2.24) is 19.1 Å². The third kappa shape index (κ3) is 6.14.